The number of amidine groups is 1. The average molecular weight is 291 g/mol. The summed E-state index contributed by atoms with van der Waals surface area (Å²) in [4.78, 5) is 12.4. The minimum atomic E-state index is -0.777. The molecule has 0 radical (unpaired) electrons. The molecule has 1 aromatic rings. The molecule has 0 aliphatic carbocycles. The van der Waals surface area contributed by atoms with Crippen molar-refractivity contribution in [1.82, 2.24) is 5.32 Å². The molecule has 0 aromatic heterocycles. The summed E-state index contributed by atoms with van der Waals surface area (Å²) in [6.45, 7) is 2.00. The second-order valence-corrected chi connectivity index (χ2v) is 5.20. The van der Waals surface area contributed by atoms with E-state index in [-0.39, 0.29) is 11.7 Å². The molecule has 1 fully saturated rings. The van der Waals surface area contributed by atoms with Crippen molar-refractivity contribution in [3.05, 3.63) is 35.9 Å². The molecule has 6 nitrogen and oxygen atoms in total. The molecule has 2 rings (SSSR count). The van der Waals surface area contributed by atoms with Gasteiger partial charge in [0.1, 0.15) is 5.92 Å². The van der Waals surface area contributed by atoms with Gasteiger partial charge in [-0.2, -0.15) is 0 Å². The van der Waals surface area contributed by atoms with Gasteiger partial charge in [-0.3, -0.25) is 4.79 Å². The van der Waals surface area contributed by atoms with E-state index in [4.69, 9.17) is 15.7 Å². The first-order chi connectivity index (χ1) is 10.2. The number of hydrogen-bond donors (Lipinski definition) is 3. The molecular formula is C15H21N3O3. The van der Waals surface area contributed by atoms with E-state index in [1.165, 1.54) is 0 Å². The molecule has 21 heavy (non-hydrogen) atoms. The van der Waals surface area contributed by atoms with E-state index < -0.39 is 5.92 Å². The Morgan fingerprint density at radius 1 is 1.48 bits per heavy atom. The van der Waals surface area contributed by atoms with Crippen molar-refractivity contribution in [2.24, 2.45) is 16.8 Å². The summed E-state index contributed by atoms with van der Waals surface area (Å²) in [5, 5.41) is 14.8. The average Bonchev–Trinajstić information content (AvgIpc) is 2.55. The van der Waals surface area contributed by atoms with Crippen LogP contribution in [0.1, 0.15) is 24.3 Å². The van der Waals surface area contributed by atoms with Crippen molar-refractivity contribution in [2.75, 3.05) is 19.8 Å². The maximum absolute atomic E-state index is 12.4. The number of rotatable bonds is 5. The minimum absolute atomic E-state index is 0.112. The van der Waals surface area contributed by atoms with Gasteiger partial charge in [0.2, 0.25) is 5.91 Å². The van der Waals surface area contributed by atoms with Gasteiger partial charge in [-0.15, -0.1) is 0 Å². The Kier molecular flexibility index (Phi) is 5.57. The number of nitrogens with zero attached hydrogens (tertiary/aromatic N) is 1. The lowest BCUT2D eigenvalue weighted by molar-refractivity contribution is -0.121. The lowest BCUT2D eigenvalue weighted by Gasteiger charge is -2.23. The summed E-state index contributed by atoms with van der Waals surface area (Å²) in [6.07, 6.45) is 2.06. The number of nitrogens with two attached hydrogens (primary N) is 1. The zero-order valence-corrected chi connectivity index (χ0v) is 11.9. The Labute approximate surface area is 124 Å². The van der Waals surface area contributed by atoms with Crippen LogP contribution in [0.5, 0.6) is 0 Å². The fraction of sp³-hybridized carbons (Fsp3) is 0.467. The molecule has 6 heteroatoms. The summed E-state index contributed by atoms with van der Waals surface area (Å²) in [5.74, 6) is -0.826. The van der Waals surface area contributed by atoms with Crippen LogP contribution in [-0.2, 0) is 9.53 Å². The molecule has 1 aliphatic rings. The van der Waals surface area contributed by atoms with Crippen LogP contribution in [0.4, 0.5) is 0 Å². The number of carbonyl (C=O) groups excluding carboxylic acids is 1. The van der Waals surface area contributed by atoms with Crippen molar-refractivity contribution in [3.63, 3.8) is 0 Å². The fourth-order valence-electron chi connectivity index (χ4n) is 2.48. The minimum Gasteiger partial charge on any atom is -0.409 e. The summed E-state index contributed by atoms with van der Waals surface area (Å²) in [6, 6.07) is 9.05. The molecule has 0 saturated carbocycles. The maximum Gasteiger partial charge on any atom is 0.235 e. The van der Waals surface area contributed by atoms with E-state index in [1.54, 1.807) is 12.1 Å². The summed E-state index contributed by atoms with van der Waals surface area (Å²) in [5.41, 5.74) is 6.37. The number of oxime groups is 1. The molecule has 0 spiro atoms. The van der Waals surface area contributed by atoms with Crippen LogP contribution in [-0.4, -0.2) is 36.7 Å². The van der Waals surface area contributed by atoms with Gasteiger partial charge >= 0.3 is 0 Å². The van der Waals surface area contributed by atoms with Crippen LogP contribution in [0.2, 0.25) is 0 Å². The third-order valence-corrected chi connectivity index (χ3v) is 3.63. The molecular weight excluding hydrogens is 270 g/mol. The predicted octanol–water partition coefficient (Wildman–Crippen LogP) is 1.06. The lowest BCUT2D eigenvalue weighted by Crippen LogP contribution is -2.40. The van der Waals surface area contributed by atoms with Gasteiger partial charge in [0.15, 0.2) is 5.84 Å². The normalized spacial score (nSPS) is 20.8. The van der Waals surface area contributed by atoms with Crippen molar-refractivity contribution >= 4 is 11.7 Å². The molecule has 1 amide bonds. The number of benzene rings is 1. The highest BCUT2D eigenvalue weighted by atomic mass is 16.5. The van der Waals surface area contributed by atoms with Crippen LogP contribution in [0.3, 0.4) is 0 Å². The van der Waals surface area contributed by atoms with Gasteiger partial charge in [0, 0.05) is 13.2 Å². The number of ether oxygens (including phenoxy) is 1. The van der Waals surface area contributed by atoms with Crippen LogP contribution in [0.25, 0.3) is 0 Å². The second-order valence-electron chi connectivity index (χ2n) is 5.20. The van der Waals surface area contributed by atoms with E-state index in [1.807, 2.05) is 18.2 Å². The van der Waals surface area contributed by atoms with Crippen molar-refractivity contribution < 1.29 is 14.7 Å². The first-order valence-corrected chi connectivity index (χ1v) is 7.10. The Hall–Kier alpha value is -2.08. The van der Waals surface area contributed by atoms with Gasteiger partial charge in [-0.05, 0) is 24.3 Å². The number of amides is 1. The molecule has 1 aromatic carbocycles. The number of hydrogen-bond acceptors (Lipinski definition) is 4. The predicted molar refractivity (Wildman–Crippen MR) is 79.1 cm³/mol. The lowest BCUT2D eigenvalue weighted by atomic mass is 9.96. The Balaban J connectivity index is 2.01. The van der Waals surface area contributed by atoms with Gasteiger partial charge in [0.25, 0.3) is 0 Å². The summed E-state index contributed by atoms with van der Waals surface area (Å²) >= 11 is 0. The van der Waals surface area contributed by atoms with Crippen LogP contribution in [0.15, 0.2) is 35.5 Å². The molecule has 114 valence electrons. The van der Waals surface area contributed by atoms with Crippen molar-refractivity contribution in [2.45, 2.75) is 18.8 Å². The van der Waals surface area contributed by atoms with E-state index >= 15 is 0 Å². The Morgan fingerprint density at radius 3 is 2.86 bits per heavy atom. The molecule has 2 unspecified atom stereocenters. The third kappa shape index (κ3) is 4.19. The topological polar surface area (TPSA) is 96.9 Å². The SMILES string of the molecule is NC(=NO)C(C(=O)NCC1CCCOC1)c1ccccc1. The molecule has 4 N–H and O–H groups in total. The molecule has 2 atom stereocenters. The number of carbonyl (C=O) groups is 1. The molecule has 0 bridgehead atoms. The summed E-state index contributed by atoms with van der Waals surface area (Å²) in [7, 11) is 0. The Morgan fingerprint density at radius 2 is 2.24 bits per heavy atom. The van der Waals surface area contributed by atoms with E-state index in [9.17, 15) is 4.79 Å². The van der Waals surface area contributed by atoms with Crippen LogP contribution in [0, 0.1) is 5.92 Å². The highest BCUT2D eigenvalue weighted by molar-refractivity contribution is 6.07. The zero-order chi connectivity index (χ0) is 15.1. The van der Waals surface area contributed by atoms with E-state index in [2.05, 4.69) is 10.5 Å². The molecule has 1 aliphatic heterocycles. The first kappa shape index (κ1) is 15.3. The number of nitrogens with one attached hydrogen (secondary N) is 1. The third-order valence-electron chi connectivity index (χ3n) is 3.63. The zero-order valence-electron chi connectivity index (χ0n) is 11.9. The highest BCUT2D eigenvalue weighted by Crippen LogP contribution is 2.17. The second kappa shape index (κ2) is 7.64. The first-order valence-electron chi connectivity index (χ1n) is 7.10. The standard InChI is InChI=1S/C15H21N3O3/c16-14(18-20)13(12-6-2-1-3-7-12)15(19)17-9-11-5-4-8-21-10-11/h1-3,6-7,11,13,20H,4-5,8-10H2,(H2,16,18)(H,17,19). The van der Waals surface area contributed by atoms with Gasteiger partial charge in [-0.25, -0.2) is 0 Å². The Bertz CT molecular complexity index is 484. The van der Waals surface area contributed by atoms with Gasteiger partial charge < -0.3 is 21.0 Å². The molecule has 1 saturated heterocycles. The summed E-state index contributed by atoms with van der Waals surface area (Å²) < 4.78 is 5.39. The van der Waals surface area contributed by atoms with Crippen LogP contribution < -0.4 is 11.1 Å². The highest BCUT2D eigenvalue weighted by Gasteiger charge is 2.26. The van der Waals surface area contributed by atoms with Crippen LogP contribution >= 0.6 is 0 Å². The van der Waals surface area contributed by atoms with Gasteiger partial charge in [0.05, 0.1) is 6.61 Å². The van der Waals surface area contributed by atoms with Crippen molar-refractivity contribution in [1.29, 1.82) is 0 Å². The quantitative estimate of drug-likeness (QED) is 0.327. The maximum atomic E-state index is 12.4. The molecule has 1 heterocycles. The van der Waals surface area contributed by atoms with Crippen molar-refractivity contribution in [3.8, 4) is 0 Å². The smallest absolute Gasteiger partial charge is 0.235 e. The van der Waals surface area contributed by atoms with Gasteiger partial charge in [-0.1, -0.05) is 35.5 Å². The largest absolute Gasteiger partial charge is 0.409 e. The van der Waals surface area contributed by atoms with E-state index in [0.717, 1.165) is 19.4 Å². The monoisotopic (exact) mass is 291 g/mol. The fourth-order valence-corrected chi connectivity index (χ4v) is 2.48. The van der Waals surface area contributed by atoms with E-state index in [0.29, 0.717) is 24.6 Å².